The summed E-state index contributed by atoms with van der Waals surface area (Å²) in [6.45, 7) is 10.1. The topological polar surface area (TPSA) is 29.5 Å². The highest BCUT2D eigenvalue weighted by Gasteiger charge is 2.28. The SMILES string of the molecule is COC(C)(C)CCC(C)(O)c1cc(C)ccc1C. The molecule has 0 amide bonds. The van der Waals surface area contributed by atoms with Gasteiger partial charge in [-0.1, -0.05) is 23.8 Å². The van der Waals surface area contributed by atoms with Gasteiger partial charge in [0, 0.05) is 7.11 Å². The predicted molar refractivity (Wildman–Crippen MR) is 75.8 cm³/mol. The maximum absolute atomic E-state index is 10.7. The van der Waals surface area contributed by atoms with Gasteiger partial charge in [0.1, 0.15) is 0 Å². The van der Waals surface area contributed by atoms with Crippen molar-refractivity contribution in [2.24, 2.45) is 0 Å². The first-order valence-electron chi connectivity index (χ1n) is 6.53. The fourth-order valence-corrected chi connectivity index (χ4v) is 2.10. The van der Waals surface area contributed by atoms with Crippen LogP contribution in [-0.4, -0.2) is 17.8 Å². The van der Waals surface area contributed by atoms with E-state index < -0.39 is 5.60 Å². The number of hydrogen-bond acceptors (Lipinski definition) is 2. The highest BCUT2D eigenvalue weighted by molar-refractivity contribution is 5.34. The normalized spacial score (nSPS) is 15.5. The van der Waals surface area contributed by atoms with Crippen LogP contribution in [0.2, 0.25) is 0 Å². The van der Waals surface area contributed by atoms with Crippen LogP contribution in [0.1, 0.15) is 50.3 Å². The first-order valence-corrected chi connectivity index (χ1v) is 6.53. The van der Waals surface area contributed by atoms with Crippen LogP contribution >= 0.6 is 0 Å². The minimum absolute atomic E-state index is 0.193. The number of methoxy groups -OCH3 is 1. The van der Waals surface area contributed by atoms with Gasteiger partial charge in [0.2, 0.25) is 0 Å². The molecule has 0 fully saturated rings. The van der Waals surface area contributed by atoms with E-state index in [0.717, 1.165) is 17.5 Å². The maximum atomic E-state index is 10.7. The molecule has 1 aromatic carbocycles. The van der Waals surface area contributed by atoms with Crippen LogP contribution in [0.3, 0.4) is 0 Å². The molecule has 0 saturated heterocycles. The Labute approximate surface area is 111 Å². The van der Waals surface area contributed by atoms with Gasteiger partial charge in [-0.2, -0.15) is 0 Å². The molecule has 0 saturated carbocycles. The molecule has 0 aliphatic heterocycles. The van der Waals surface area contributed by atoms with Gasteiger partial charge >= 0.3 is 0 Å². The minimum Gasteiger partial charge on any atom is -0.385 e. The quantitative estimate of drug-likeness (QED) is 0.863. The summed E-state index contributed by atoms with van der Waals surface area (Å²) in [7, 11) is 1.71. The molecule has 18 heavy (non-hydrogen) atoms. The molecule has 1 rings (SSSR count). The minimum atomic E-state index is -0.800. The van der Waals surface area contributed by atoms with E-state index in [1.807, 2.05) is 27.7 Å². The molecule has 1 unspecified atom stereocenters. The zero-order valence-corrected chi connectivity index (χ0v) is 12.5. The average molecular weight is 250 g/mol. The second-order valence-electron chi connectivity index (χ2n) is 6.06. The summed E-state index contributed by atoms with van der Waals surface area (Å²) in [6, 6.07) is 6.23. The lowest BCUT2D eigenvalue weighted by Crippen LogP contribution is -2.29. The third-order valence-electron chi connectivity index (χ3n) is 3.74. The standard InChI is InChI=1S/C16H26O2/c1-12-7-8-13(2)14(11-12)16(5,17)10-9-15(3,4)18-6/h7-8,11,17H,9-10H2,1-6H3. The monoisotopic (exact) mass is 250 g/mol. The van der Waals surface area contributed by atoms with Crippen LogP contribution in [0, 0.1) is 13.8 Å². The Hall–Kier alpha value is -0.860. The largest absolute Gasteiger partial charge is 0.385 e. The number of hydrogen-bond donors (Lipinski definition) is 1. The van der Waals surface area contributed by atoms with E-state index in [1.54, 1.807) is 7.11 Å². The van der Waals surface area contributed by atoms with E-state index in [4.69, 9.17) is 4.74 Å². The van der Waals surface area contributed by atoms with Gasteiger partial charge in [0.05, 0.1) is 11.2 Å². The van der Waals surface area contributed by atoms with Crippen molar-refractivity contribution in [2.45, 2.75) is 58.7 Å². The number of ether oxygens (including phenoxy) is 1. The molecule has 0 radical (unpaired) electrons. The first kappa shape index (κ1) is 15.2. The highest BCUT2D eigenvalue weighted by atomic mass is 16.5. The summed E-state index contributed by atoms with van der Waals surface area (Å²) < 4.78 is 5.41. The van der Waals surface area contributed by atoms with Gasteiger partial charge in [-0.05, 0) is 58.6 Å². The lowest BCUT2D eigenvalue weighted by Gasteiger charge is -2.31. The molecule has 0 aliphatic rings. The molecule has 0 spiro atoms. The van der Waals surface area contributed by atoms with Gasteiger partial charge in [0.15, 0.2) is 0 Å². The Morgan fingerprint density at radius 2 is 1.72 bits per heavy atom. The van der Waals surface area contributed by atoms with Crippen molar-refractivity contribution in [3.63, 3.8) is 0 Å². The van der Waals surface area contributed by atoms with Gasteiger partial charge in [0.25, 0.3) is 0 Å². The Bertz CT molecular complexity index is 406. The smallest absolute Gasteiger partial charge is 0.0872 e. The van der Waals surface area contributed by atoms with Crippen molar-refractivity contribution in [1.29, 1.82) is 0 Å². The average Bonchev–Trinajstić information content (AvgIpc) is 2.30. The van der Waals surface area contributed by atoms with E-state index in [9.17, 15) is 5.11 Å². The number of benzene rings is 1. The Morgan fingerprint density at radius 3 is 2.28 bits per heavy atom. The summed E-state index contributed by atoms with van der Waals surface area (Å²) in [5, 5.41) is 10.7. The van der Waals surface area contributed by atoms with Crippen molar-refractivity contribution in [1.82, 2.24) is 0 Å². The fourth-order valence-electron chi connectivity index (χ4n) is 2.10. The van der Waals surface area contributed by atoms with Gasteiger partial charge < -0.3 is 9.84 Å². The molecule has 1 atom stereocenters. The van der Waals surface area contributed by atoms with Crippen molar-refractivity contribution in [2.75, 3.05) is 7.11 Å². The molecule has 2 heteroatoms. The first-order chi connectivity index (χ1) is 8.18. The third kappa shape index (κ3) is 3.82. The summed E-state index contributed by atoms with van der Waals surface area (Å²) in [4.78, 5) is 0. The Kier molecular flexibility index (Phi) is 4.57. The molecule has 102 valence electrons. The molecular weight excluding hydrogens is 224 g/mol. The van der Waals surface area contributed by atoms with Gasteiger partial charge in [-0.25, -0.2) is 0 Å². The van der Waals surface area contributed by atoms with Crippen molar-refractivity contribution in [3.8, 4) is 0 Å². The fraction of sp³-hybridized carbons (Fsp3) is 0.625. The Morgan fingerprint density at radius 1 is 1.11 bits per heavy atom. The highest BCUT2D eigenvalue weighted by Crippen LogP contribution is 2.32. The summed E-state index contributed by atoms with van der Waals surface area (Å²) in [5.41, 5.74) is 2.35. The zero-order valence-electron chi connectivity index (χ0n) is 12.5. The van der Waals surface area contributed by atoms with Crippen LogP contribution in [0.25, 0.3) is 0 Å². The van der Waals surface area contributed by atoms with E-state index >= 15 is 0 Å². The van der Waals surface area contributed by atoms with E-state index in [1.165, 1.54) is 5.56 Å². The molecule has 0 aromatic heterocycles. The lowest BCUT2D eigenvalue weighted by molar-refractivity contribution is -0.0213. The van der Waals surface area contributed by atoms with Crippen molar-refractivity contribution in [3.05, 3.63) is 34.9 Å². The number of aryl methyl sites for hydroxylation is 2. The predicted octanol–water partition coefficient (Wildman–Crippen LogP) is 3.72. The molecule has 0 heterocycles. The van der Waals surface area contributed by atoms with Crippen LogP contribution in [-0.2, 0) is 10.3 Å². The van der Waals surface area contributed by atoms with E-state index in [-0.39, 0.29) is 5.60 Å². The van der Waals surface area contributed by atoms with Crippen molar-refractivity contribution >= 4 is 0 Å². The third-order valence-corrected chi connectivity index (χ3v) is 3.74. The molecule has 0 bridgehead atoms. The molecule has 1 N–H and O–H groups in total. The second kappa shape index (κ2) is 5.41. The van der Waals surface area contributed by atoms with Crippen LogP contribution in [0.15, 0.2) is 18.2 Å². The van der Waals surface area contributed by atoms with Crippen LogP contribution in [0.5, 0.6) is 0 Å². The lowest BCUT2D eigenvalue weighted by atomic mass is 9.84. The van der Waals surface area contributed by atoms with Gasteiger partial charge in [-0.3, -0.25) is 0 Å². The molecular formula is C16H26O2. The molecule has 1 aromatic rings. The zero-order chi connectivity index (χ0) is 14.0. The summed E-state index contributed by atoms with van der Waals surface area (Å²) in [6.07, 6.45) is 1.52. The second-order valence-corrected chi connectivity index (χ2v) is 6.06. The van der Waals surface area contributed by atoms with E-state index in [0.29, 0.717) is 6.42 Å². The van der Waals surface area contributed by atoms with Crippen LogP contribution in [0.4, 0.5) is 0 Å². The summed E-state index contributed by atoms with van der Waals surface area (Å²) in [5.74, 6) is 0. The molecule has 0 aliphatic carbocycles. The molecule has 2 nitrogen and oxygen atoms in total. The number of rotatable bonds is 5. The van der Waals surface area contributed by atoms with Crippen molar-refractivity contribution < 1.29 is 9.84 Å². The number of aliphatic hydroxyl groups is 1. The summed E-state index contributed by atoms with van der Waals surface area (Å²) >= 11 is 0. The van der Waals surface area contributed by atoms with Crippen LogP contribution < -0.4 is 0 Å². The van der Waals surface area contributed by atoms with Gasteiger partial charge in [-0.15, -0.1) is 0 Å². The Balaban J connectivity index is 2.89. The van der Waals surface area contributed by atoms with E-state index in [2.05, 4.69) is 25.1 Å². The maximum Gasteiger partial charge on any atom is 0.0872 e.